The molecule has 2 unspecified atom stereocenters. The van der Waals surface area contributed by atoms with Crippen LogP contribution in [0.4, 0.5) is 5.69 Å². The number of carbonyl (C=O) groups excluding carboxylic acids is 1. The summed E-state index contributed by atoms with van der Waals surface area (Å²) in [4.78, 5) is 22.4. The van der Waals surface area contributed by atoms with Crippen LogP contribution in [0.3, 0.4) is 0 Å². The maximum atomic E-state index is 11.9. The first kappa shape index (κ1) is 20.3. The number of halogens is 1. The van der Waals surface area contributed by atoms with Gasteiger partial charge in [-0.25, -0.2) is 0 Å². The Morgan fingerprint density at radius 1 is 1.50 bits per heavy atom. The number of nitrogens with one attached hydrogen (secondary N) is 1. The highest BCUT2D eigenvalue weighted by Crippen LogP contribution is 2.23. The molecule has 3 N–H and O–H groups in total. The molecule has 1 aromatic rings. The molecule has 0 saturated carbocycles. The Morgan fingerprint density at radius 3 is 2.64 bits per heavy atom. The van der Waals surface area contributed by atoms with E-state index in [1.807, 2.05) is 0 Å². The molecule has 0 fully saturated rings. The Morgan fingerprint density at radius 2 is 2.14 bits per heavy atom. The second-order valence-corrected chi connectivity index (χ2v) is 4.89. The molecular formula is C14H22ClN3O4. The molecule has 0 radical (unpaired) electrons. The van der Waals surface area contributed by atoms with E-state index in [1.54, 1.807) is 26.0 Å². The number of amides is 1. The number of nitrogens with zero attached hydrogens (tertiary/aromatic N) is 1. The molecule has 8 heteroatoms. The molecule has 1 amide bonds. The summed E-state index contributed by atoms with van der Waals surface area (Å²) in [7, 11) is 1.50. The van der Waals surface area contributed by atoms with Gasteiger partial charge in [-0.2, -0.15) is 0 Å². The minimum Gasteiger partial charge on any atom is -0.380 e. The number of nitro benzene ring substituents is 1. The summed E-state index contributed by atoms with van der Waals surface area (Å²) in [6.07, 6.45) is -0.171. The number of aryl methyl sites for hydroxylation is 1. The maximum Gasteiger partial charge on any atom is 0.272 e. The fourth-order valence-corrected chi connectivity index (χ4v) is 1.95. The van der Waals surface area contributed by atoms with Gasteiger partial charge in [-0.15, -0.1) is 12.4 Å². The average Bonchev–Trinajstić information content (AvgIpc) is 2.44. The van der Waals surface area contributed by atoms with Gasteiger partial charge in [0.25, 0.3) is 5.69 Å². The molecule has 7 nitrogen and oxygen atoms in total. The Bertz CT molecular complexity index is 521. The van der Waals surface area contributed by atoms with E-state index < -0.39 is 4.92 Å². The van der Waals surface area contributed by atoms with Crippen molar-refractivity contribution in [2.75, 3.05) is 13.7 Å². The Hall–Kier alpha value is -1.70. The minimum atomic E-state index is -0.428. The van der Waals surface area contributed by atoms with Crippen LogP contribution in [-0.4, -0.2) is 30.6 Å². The predicted octanol–water partition coefficient (Wildman–Crippen LogP) is 1.87. The zero-order chi connectivity index (χ0) is 16.0. The van der Waals surface area contributed by atoms with Crippen LogP contribution in [0.1, 0.15) is 30.5 Å². The third-order valence-electron chi connectivity index (χ3n) is 3.32. The van der Waals surface area contributed by atoms with Crippen LogP contribution in [0.2, 0.25) is 0 Å². The second kappa shape index (κ2) is 9.34. The molecule has 0 spiro atoms. The van der Waals surface area contributed by atoms with E-state index in [0.29, 0.717) is 11.1 Å². The molecule has 0 aliphatic rings. The van der Waals surface area contributed by atoms with Gasteiger partial charge in [-0.05, 0) is 19.4 Å². The fourth-order valence-electron chi connectivity index (χ4n) is 1.95. The SMILES string of the molecule is COC(CN)CC(=O)NC(C)c1ccc(C)c([N+](=O)[O-])c1.Cl. The van der Waals surface area contributed by atoms with Gasteiger partial charge in [0.2, 0.25) is 5.91 Å². The lowest BCUT2D eigenvalue weighted by molar-refractivity contribution is -0.385. The number of ether oxygens (including phenoxy) is 1. The van der Waals surface area contributed by atoms with E-state index in [9.17, 15) is 14.9 Å². The van der Waals surface area contributed by atoms with Crippen molar-refractivity contribution in [3.05, 3.63) is 39.4 Å². The lowest BCUT2D eigenvalue weighted by Crippen LogP contribution is -2.33. The van der Waals surface area contributed by atoms with Crippen molar-refractivity contribution in [2.24, 2.45) is 5.73 Å². The number of nitrogens with two attached hydrogens (primary N) is 1. The third kappa shape index (κ3) is 5.59. The van der Waals surface area contributed by atoms with Crippen molar-refractivity contribution in [1.29, 1.82) is 0 Å². The van der Waals surface area contributed by atoms with Crippen molar-refractivity contribution in [3.63, 3.8) is 0 Å². The summed E-state index contributed by atoms with van der Waals surface area (Å²) in [5.74, 6) is -0.206. The van der Waals surface area contributed by atoms with Crippen molar-refractivity contribution < 1.29 is 14.5 Å². The molecule has 1 rings (SSSR count). The summed E-state index contributed by atoms with van der Waals surface area (Å²) in [6, 6.07) is 4.60. The van der Waals surface area contributed by atoms with Crippen LogP contribution < -0.4 is 11.1 Å². The van der Waals surface area contributed by atoms with Crippen LogP contribution in [-0.2, 0) is 9.53 Å². The predicted molar refractivity (Wildman–Crippen MR) is 86.1 cm³/mol. The van der Waals surface area contributed by atoms with Gasteiger partial charge in [-0.1, -0.05) is 12.1 Å². The van der Waals surface area contributed by atoms with E-state index in [1.165, 1.54) is 13.2 Å². The lowest BCUT2D eigenvalue weighted by Gasteiger charge is -2.17. The lowest BCUT2D eigenvalue weighted by atomic mass is 10.0. The first-order chi connectivity index (χ1) is 9.88. The molecule has 0 heterocycles. The summed E-state index contributed by atoms with van der Waals surface area (Å²) in [5, 5.41) is 13.7. The first-order valence-corrected chi connectivity index (χ1v) is 6.66. The second-order valence-electron chi connectivity index (χ2n) is 4.89. The Balaban J connectivity index is 0.00000441. The summed E-state index contributed by atoms with van der Waals surface area (Å²) in [6.45, 7) is 3.71. The molecule has 2 atom stereocenters. The molecule has 22 heavy (non-hydrogen) atoms. The van der Waals surface area contributed by atoms with E-state index in [0.717, 1.165) is 0 Å². The Labute approximate surface area is 135 Å². The molecule has 0 aliphatic heterocycles. The first-order valence-electron chi connectivity index (χ1n) is 6.66. The fraction of sp³-hybridized carbons (Fsp3) is 0.500. The van der Waals surface area contributed by atoms with E-state index in [2.05, 4.69) is 5.32 Å². The highest BCUT2D eigenvalue weighted by atomic mass is 35.5. The van der Waals surface area contributed by atoms with Crippen LogP contribution in [0.5, 0.6) is 0 Å². The summed E-state index contributed by atoms with van der Waals surface area (Å²) in [5.41, 5.74) is 6.78. The van der Waals surface area contributed by atoms with Gasteiger partial charge in [-0.3, -0.25) is 14.9 Å². The number of rotatable bonds is 7. The standard InChI is InChI=1S/C14H21N3O4.ClH/c1-9-4-5-11(6-13(9)17(19)20)10(2)16-14(18)7-12(8-15)21-3;/h4-6,10,12H,7-8,15H2,1-3H3,(H,16,18);1H. The quantitative estimate of drug-likeness (QED) is 0.585. The van der Waals surface area contributed by atoms with Gasteiger partial charge in [0, 0.05) is 25.3 Å². The maximum absolute atomic E-state index is 11.9. The normalized spacial score (nSPS) is 12.9. The van der Waals surface area contributed by atoms with E-state index >= 15 is 0 Å². The van der Waals surface area contributed by atoms with E-state index in [-0.39, 0.29) is 49.1 Å². The van der Waals surface area contributed by atoms with Crippen molar-refractivity contribution >= 4 is 24.0 Å². The highest BCUT2D eigenvalue weighted by molar-refractivity contribution is 5.85. The van der Waals surface area contributed by atoms with Crippen LogP contribution in [0.15, 0.2) is 18.2 Å². The monoisotopic (exact) mass is 331 g/mol. The molecule has 124 valence electrons. The summed E-state index contributed by atoms with van der Waals surface area (Å²) < 4.78 is 5.05. The van der Waals surface area contributed by atoms with E-state index in [4.69, 9.17) is 10.5 Å². The van der Waals surface area contributed by atoms with Gasteiger partial charge < -0.3 is 15.8 Å². The third-order valence-corrected chi connectivity index (χ3v) is 3.32. The summed E-state index contributed by atoms with van der Waals surface area (Å²) >= 11 is 0. The molecule has 0 saturated heterocycles. The van der Waals surface area contributed by atoms with Gasteiger partial charge in [0.15, 0.2) is 0 Å². The molecule has 1 aromatic carbocycles. The van der Waals surface area contributed by atoms with Crippen molar-refractivity contribution in [2.45, 2.75) is 32.4 Å². The van der Waals surface area contributed by atoms with Crippen LogP contribution >= 0.6 is 12.4 Å². The molecule has 0 aromatic heterocycles. The zero-order valence-electron chi connectivity index (χ0n) is 12.9. The van der Waals surface area contributed by atoms with Gasteiger partial charge in [0.05, 0.1) is 23.5 Å². The number of hydrogen-bond donors (Lipinski definition) is 2. The van der Waals surface area contributed by atoms with Gasteiger partial charge >= 0.3 is 0 Å². The molecular weight excluding hydrogens is 310 g/mol. The molecule has 0 bridgehead atoms. The average molecular weight is 332 g/mol. The smallest absolute Gasteiger partial charge is 0.272 e. The van der Waals surface area contributed by atoms with Gasteiger partial charge in [0.1, 0.15) is 0 Å². The highest BCUT2D eigenvalue weighted by Gasteiger charge is 2.17. The topological polar surface area (TPSA) is 107 Å². The Kier molecular flexibility index (Phi) is 8.62. The number of carbonyl (C=O) groups is 1. The number of benzene rings is 1. The van der Waals surface area contributed by atoms with Crippen molar-refractivity contribution in [1.82, 2.24) is 5.32 Å². The number of hydrogen-bond acceptors (Lipinski definition) is 5. The zero-order valence-corrected chi connectivity index (χ0v) is 13.7. The van der Waals surface area contributed by atoms with Crippen molar-refractivity contribution in [3.8, 4) is 0 Å². The van der Waals surface area contributed by atoms with Crippen LogP contribution in [0, 0.1) is 17.0 Å². The number of nitro groups is 1. The largest absolute Gasteiger partial charge is 0.380 e. The minimum absolute atomic E-state index is 0. The van der Waals surface area contributed by atoms with Crippen LogP contribution in [0.25, 0.3) is 0 Å². The molecule has 0 aliphatic carbocycles. The number of methoxy groups -OCH3 is 1.